The fourth-order valence-electron chi connectivity index (χ4n) is 3.76. The number of hydrogen-bond donors (Lipinski definition) is 1. The molecule has 0 bridgehead atoms. The van der Waals surface area contributed by atoms with Crippen molar-refractivity contribution in [3.63, 3.8) is 0 Å². The number of rotatable bonds is 3. The Kier molecular flexibility index (Phi) is 4.23. The van der Waals surface area contributed by atoms with Gasteiger partial charge in [0.15, 0.2) is 5.65 Å². The SMILES string of the molecule is Cc1ccn2c(-c3ccccn3)c(C(C)n3nc(I)c4c(N)ncnc43)cc2c1. The first-order valence-electron chi connectivity index (χ1n) is 9.22. The van der Waals surface area contributed by atoms with Crippen LogP contribution in [-0.2, 0) is 0 Å². The van der Waals surface area contributed by atoms with E-state index in [4.69, 9.17) is 10.8 Å². The van der Waals surface area contributed by atoms with Gasteiger partial charge in [-0.1, -0.05) is 6.07 Å². The van der Waals surface area contributed by atoms with Gasteiger partial charge in [0.2, 0.25) is 0 Å². The number of pyridine rings is 2. The van der Waals surface area contributed by atoms with Crippen molar-refractivity contribution in [3.8, 4) is 11.4 Å². The van der Waals surface area contributed by atoms with Crippen molar-refractivity contribution in [2.24, 2.45) is 0 Å². The average molecular weight is 495 g/mol. The summed E-state index contributed by atoms with van der Waals surface area (Å²) in [4.78, 5) is 13.2. The molecule has 1 atom stereocenters. The molecule has 0 spiro atoms. The summed E-state index contributed by atoms with van der Waals surface area (Å²) in [5.74, 6) is 0.445. The number of aryl methyl sites for hydroxylation is 1. The van der Waals surface area contributed by atoms with E-state index in [0.29, 0.717) is 5.82 Å². The normalized spacial score (nSPS) is 12.7. The molecule has 0 aromatic carbocycles. The Morgan fingerprint density at radius 3 is 2.76 bits per heavy atom. The summed E-state index contributed by atoms with van der Waals surface area (Å²) in [5, 5.41) is 5.53. The minimum Gasteiger partial charge on any atom is -0.383 e. The summed E-state index contributed by atoms with van der Waals surface area (Å²) < 4.78 is 4.89. The standard InChI is InChI=1S/C21H18IN7/c1-12-6-8-28-14(9-12)10-15(18(28)16-5-3-4-7-24-16)13(2)29-21-17(19(22)27-29)20(23)25-11-26-21/h3-11,13H,1-2H3,(H2,23,25,26). The van der Waals surface area contributed by atoms with Crippen molar-refractivity contribution < 1.29 is 0 Å². The quantitative estimate of drug-likeness (QED) is 0.379. The third kappa shape index (κ3) is 2.86. The van der Waals surface area contributed by atoms with Gasteiger partial charge in [0.05, 0.1) is 22.8 Å². The molecule has 8 heteroatoms. The summed E-state index contributed by atoms with van der Waals surface area (Å²) in [6.07, 6.45) is 5.39. The van der Waals surface area contributed by atoms with Gasteiger partial charge in [0.1, 0.15) is 15.8 Å². The van der Waals surface area contributed by atoms with E-state index < -0.39 is 0 Å². The molecule has 0 saturated heterocycles. The van der Waals surface area contributed by atoms with E-state index in [9.17, 15) is 0 Å². The predicted octanol–water partition coefficient (Wildman–Crippen LogP) is 4.25. The number of nitrogens with zero attached hydrogens (tertiary/aromatic N) is 6. The van der Waals surface area contributed by atoms with Crippen molar-refractivity contribution in [1.29, 1.82) is 0 Å². The Bertz CT molecular complexity index is 1350. The van der Waals surface area contributed by atoms with Crippen LogP contribution in [0.15, 0.2) is 55.1 Å². The zero-order valence-electron chi connectivity index (χ0n) is 15.9. The lowest BCUT2D eigenvalue weighted by Crippen LogP contribution is -2.10. The monoisotopic (exact) mass is 495 g/mol. The van der Waals surface area contributed by atoms with E-state index >= 15 is 0 Å². The number of hydrogen-bond acceptors (Lipinski definition) is 5. The van der Waals surface area contributed by atoms with Crippen LogP contribution in [-0.4, -0.2) is 29.1 Å². The molecule has 5 aromatic rings. The number of anilines is 1. The molecule has 0 radical (unpaired) electrons. The summed E-state index contributed by atoms with van der Waals surface area (Å²) in [6, 6.07) is 12.4. The third-order valence-electron chi connectivity index (χ3n) is 5.16. The highest BCUT2D eigenvalue weighted by Crippen LogP contribution is 2.35. The summed E-state index contributed by atoms with van der Waals surface area (Å²) >= 11 is 2.19. The van der Waals surface area contributed by atoms with E-state index in [2.05, 4.69) is 80.2 Å². The highest BCUT2D eigenvalue weighted by molar-refractivity contribution is 14.1. The first-order valence-corrected chi connectivity index (χ1v) is 10.3. The molecular formula is C21H18IN7. The Balaban J connectivity index is 1.78. The maximum absolute atomic E-state index is 6.08. The summed E-state index contributed by atoms with van der Waals surface area (Å²) in [5.41, 5.74) is 12.2. The molecule has 7 nitrogen and oxygen atoms in total. The molecule has 0 aliphatic carbocycles. The highest BCUT2D eigenvalue weighted by atomic mass is 127. The zero-order chi connectivity index (χ0) is 20.1. The van der Waals surface area contributed by atoms with Gasteiger partial charge in [0.25, 0.3) is 0 Å². The molecule has 1 unspecified atom stereocenters. The van der Waals surface area contributed by atoms with Crippen LogP contribution >= 0.6 is 22.6 Å². The number of halogens is 1. The maximum atomic E-state index is 6.08. The first-order chi connectivity index (χ1) is 14.0. The molecule has 0 fully saturated rings. The van der Waals surface area contributed by atoms with Crippen molar-refractivity contribution in [1.82, 2.24) is 29.1 Å². The largest absolute Gasteiger partial charge is 0.383 e. The lowest BCUT2D eigenvalue weighted by Gasteiger charge is -2.15. The highest BCUT2D eigenvalue weighted by Gasteiger charge is 2.24. The van der Waals surface area contributed by atoms with Crippen LogP contribution in [0.2, 0.25) is 0 Å². The molecule has 5 aromatic heterocycles. The van der Waals surface area contributed by atoms with Gasteiger partial charge in [-0.15, -0.1) is 0 Å². The molecule has 0 aliphatic heterocycles. The van der Waals surface area contributed by atoms with Crippen LogP contribution < -0.4 is 5.73 Å². The Morgan fingerprint density at radius 2 is 1.97 bits per heavy atom. The molecule has 2 N–H and O–H groups in total. The van der Waals surface area contributed by atoms with E-state index in [1.54, 1.807) is 0 Å². The summed E-state index contributed by atoms with van der Waals surface area (Å²) in [7, 11) is 0. The molecule has 5 heterocycles. The lowest BCUT2D eigenvalue weighted by molar-refractivity contribution is 0.576. The Hall–Kier alpha value is -3.01. The van der Waals surface area contributed by atoms with Gasteiger partial charge < -0.3 is 10.1 Å². The second-order valence-electron chi connectivity index (χ2n) is 7.03. The molecule has 0 aliphatic rings. The van der Waals surface area contributed by atoms with Gasteiger partial charge in [-0.3, -0.25) is 4.98 Å². The van der Waals surface area contributed by atoms with Crippen LogP contribution in [0.3, 0.4) is 0 Å². The molecule has 0 amide bonds. The van der Waals surface area contributed by atoms with Crippen molar-refractivity contribution in [2.45, 2.75) is 19.9 Å². The fraction of sp³-hybridized carbons (Fsp3) is 0.143. The van der Waals surface area contributed by atoms with E-state index in [0.717, 1.165) is 37.2 Å². The molecule has 29 heavy (non-hydrogen) atoms. The maximum Gasteiger partial charge on any atom is 0.165 e. The predicted molar refractivity (Wildman–Crippen MR) is 122 cm³/mol. The molecule has 144 valence electrons. The second kappa shape index (κ2) is 6.80. The number of nitrogens with two attached hydrogens (primary N) is 1. The van der Waals surface area contributed by atoms with E-state index in [1.165, 1.54) is 11.9 Å². The van der Waals surface area contributed by atoms with Crippen molar-refractivity contribution in [2.75, 3.05) is 5.73 Å². The molecule has 5 rings (SSSR count). The number of aromatic nitrogens is 6. The second-order valence-corrected chi connectivity index (χ2v) is 8.05. The minimum absolute atomic E-state index is 0.0764. The van der Waals surface area contributed by atoms with E-state index in [-0.39, 0.29) is 6.04 Å². The van der Waals surface area contributed by atoms with Crippen LogP contribution in [0.1, 0.15) is 24.1 Å². The van der Waals surface area contributed by atoms with Gasteiger partial charge in [-0.25, -0.2) is 14.6 Å². The fourth-order valence-corrected chi connectivity index (χ4v) is 4.51. The summed E-state index contributed by atoms with van der Waals surface area (Å²) in [6.45, 7) is 4.22. The zero-order valence-corrected chi connectivity index (χ0v) is 18.1. The van der Waals surface area contributed by atoms with E-state index in [1.807, 2.05) is 29.1 Å². The smallest absolute Gasteiger partial charge is 0.165 e. The topological polar surface area (TPSA) is 86.9 Å². The third-order valence-corrected chi connectivity index (χ3v) is 5.91. The first kappa shape index (κ1) is 18.0. The van der Waals surface area contributed by atoms with Crippen LogP contribution in [0.5, 0.6) is 0 Å². The lowest BCUT2D eigenvalue weighted by atomic mass is 10.1. The number of fused-ring (bicyclic) bond motifs is 2. The average Bonchev–Trinajstić information content (AvgIpc) is 3.26. The Labute approximate surface area is 180 Å². The van der Waals surface area contributed by atoms with Crippen LogP contribution in [0, 0.1) is 10.6 Å². The van der Waals surface area contributed by atoms with Gasteiger partial charge >= 0.3 is 0 Å². The van der Waals surface area contributed by atoms with Crippen molar-refractivity contribution in [3.05, 3.63) is 69.9 Å². The van der Waals surface area contributed by atoms with Gasteiger partial charge in [-0.2, -0.15) is 5.10 Å². The van der Waals surface area contributed by atoms with Gasteiger partial charge in [0, 0.05) is 23.5 Å². The van der Waals surface area contributed by atoms with Crippen LogP contribution in [0.25, 0.3) is 27.9 Å². The van der Waals surface area contributed by atoms with Crippen LogP contribution in [0.4, 0.5) is 5.82 Å². The number of nitrogen functional groups attached to an aromatic ring is 1. The van der Waals surface area contributed by atoms with Gasteiger partial charge in [-0.05, 0) is 72.3 Å². The van der Waals surface area contributed by atoms with Crippen molar-refractivity contribution >= 4 is 45.0 Å². The molecular weight excluding hydrogens is 477 g/mol. The minimum atomic E-state index is -0.0764. The Morgan fingerprint density at radius 1 is 1.10 bits per heavy atom. The molecule has 0 saturated carbocycles.